The number of nitriles is 1. The van der Waals surface area contributed by atoms with Crippen molar-refractivity contribution in [3.63, 3.8) is 0 Å². The van der Waals surface area contributed by atoms with Gasteiger partial charge in [-0.3, -0.25) is 14.7 Å². The Morgan fingerprint density at radius 2 is 1.72 bits per heavy atom. The van der Waals surface area contributed by atoms with Gasteiger partial charge in [0, 0.05) is 6.42 Å². The Morgan fingerprint density at radius 1 is 1.03 bits per heavy atom. The maximum absolute atomic E-state index is 13.2. The van der Waals surface area contributed by atoms with E-state index in [-0.39, 0.29) is 5.91 Å². The average molecular weight is 388 g/mol. The Balaban J connectivity index is 1.84. The maximum atomic E-state index is 13.2. The van der Waals surface area contributed by atoms with Crippen LogP contribution in [0.2, 0.25) is 0 Å². The number of carbonyl (C=O) groups excluding carboxylic acids is 1. The first-order valence-electron chi connectivity index (χ1n) is 10.6. The highest BCUT2D eigenvalue weighted by atomic mass is 16.2. The Hall–Kier alpha value is -2.93. The smallest absolute Gasteiger partial charge is 0.256 e. The van der Waals surface area contributed by atoms with Crippen LogP contribution in [-0.2, 0) is 11.3 Å². The van der Waals surface area contributed by atoms with E-state index in [9.17, 15) is 10.1 Å². The lowest BCUT2D eigenvalue weighted by Gasteiger charge is -2.24. The molecule has 1 aliphatic heterocycles. The molecule has 1 aliphatic rings. The summed E-state index contributed by atoms with van der Waals surface area (Å²) in [6.07, 6.45) is 4.43. The molecule has 2 aromatic rings. The van der Waals surface area contributed by atoms with Crippen molar-refractivity contribution >= 4 is 11.7 Å². The third-order valence-electron chi connectivity index (χ3n) is 5.87. The summed E-state index contributed by atoms with van der Waals surface area (Å²) in [5.74, 6) is 1.06. The molecule has 0 saturated heterocycles. The number of amides is 1. The summed E-state index contributed by atoms with van der Waals surface area (Å²) in [5.41, 5.74) is 3.09. The normalized spacial score (nSPS) is 15.3. The van der Waals surface area contributed by atoms with E-state index in [1.807, 2.05) is 67.3 Å². The van der Waals surface area contributed by atoms with E-state index >= 15 is 0 Å². The second kappa shape index (κ2) is 9.05. The molecular formula is C25H29N3O. The molecule has 4 heteroatoms. The van der Waals surface area contributed by atoms with E-state index in [4.69, 9.17) is 4.99 Å². The Morgan fingerprint density at radius 3 is 2.34 bits per heavy atom. The Labute approximate surface area is 173 Å². The molecule has 0 fully saturated rings. The van der Waals surface area contributed by atoms with Gasteiger partial charge < -0.3 is 0 Å². The quantitative estimate of drug-likeness (QED) is 0.582. The van der Waals surface area contributed by atoms with E-state index in [1.54, 1.807) is 0 Å². The number of aliphatic imine (C=N–C) groups is 1. The number of hydrogen-bond donors (Lipinski definition) is 0. The van der Waals surface area contributed by atoms with Gasteiger partial charge in [-0.25, -0.2) is 0 Å². The minimum atomic E-state index is -0.589. The molecule has 0 N–H and O–H groups in total. The van der Waals surface area contributed by atoms with Crippen LogP contribution in [0.1, 0.15) is 64.0 Å². The third kappa shape index (κ3) is 4.10. The molecule has 0 bridgehead atoms. The van der Waals surface area contributed by atoms with Crippen molar-refractivity contribution in [3.8, 4) is 17.2 Å². The molecular weight excluding hydrogens is 358 g/mol. The zero-order valence-corrected chi connectivity index (χ0v) is 17.6. The van der Waals surface area contributed by atoms with Crippen LogP contribution in [0.5, 0.6) is 0 Å². The van der Waals surface area contributed by atoms with Crippen LogP contribution in [0.25, 0.3) is 11.1 Å². The second-order valence-corrected chi connectivity index (χ2v) is 7.62. The van der Waals surface area contributed by atoms with Crippen LogP contribution < -0.4 is 0 Å². The lowest BCUT2D eigenvalue weighted by atomic mass is 9.93. The van der Waals surface area contributed by atoms with Crippen LogP contribution >= 0.6 is 0 Å². The predicted molar refractivity (Wildman–Crippen MR) is 117 cm³/mol. The van der Waals surface area contributed by atoms with Gasteiger partial charge >= 0.3 is 0 Å². The molecule has 0 radical (unpaired) electrons. The molecule has 0 atom stereocenters. The van der Waals surface area contributed by atoms with Gasteiger partial charge in [0.15, 0.2) is 0 Å². The third-order valence-corrected chi connectivity index (χ3v) is 5.87. The number of unbranched alkanes of at least 4 members (excludes halogenated alkanes) is 1. The maximum Gasteiger partial charge on any atom is 0.256 e. The second-order valence-electron chi connectivity index (χ2n) is 7.62. The molecule has 4 nitrogen and oxygen atoms in total. The minimum Gasteiger partial charge on any atom is -0.294 e. The van der Waals surface area contributed by atoms with E-state index in [2.05, 4.69) is 13.0 Å². The van der Waals surface area contributed by atoms with Crippen LogP contribution in [-0.4, -0.2) is 22.2 Å². The number of benzene rings is 2. The topological polar surface area (TPSA) is 56.5 Å². The fraction of sp³-hybridized carbons (Fsp3) is 0.400. The SMILES string of the molecule is CCCCC1=NC(CC)(CC)C(=O)N1Cc1ccc(-c2ccccc2C#N)cc1. The number of nitrogens with zero attached hydrogens (tertiary/aromatic N) is 3. The molecule has 0 aliphatic carbocycles. The summed E-state index contributed by atoms with van der Waals surface area (Å²) >= 11 is 0. The van der Waals surface area contributed by atoms with E-state index < -0.39 is 5.54 Å². The van der Waals surface area contributed by atoms with Crippen LogP contribution in [0.15, 0.2) is 53.5 Å². The number of hydrogen-bond acceptors (Lipinski definition) is 3. The first kappa shape index (κ1) is 20.8. The van der Waals surface area contributed by atoms with Crippen molar-refractivity contribution < 1.29 is 4.79 Å². The summed E-state index contributed by atoms with van der Waals surface area (Å²) in [5, 5.41) is 9.34. The molecule has 0 spiro atoms. The fourth-order valence-corrected chi connectivity index (χ4v) is 3.93. The zero-order chi connectivity index (χ0) is 20.9. The van der Waals surface area contributed by atoms with Gasteiger partial charge in [-0.1, -0.05) is 69.7 Å². The van der Waals surface area contributed by atoms with Crippen molar-refractivity contribution in [1.82, 2.24) is 4.90 Å². The van der Waals surface area contributed by atoms with E-state index in [1.165, 1.54) is 0 Å². The van der Waals surface area contributed by atoms with Gasteiger partial charge in [0.2, 0.25) is 0 Å². The van der Waals surface area contributed by atoms with Crippen LogP contribution in [0.4, 0.5) is 0 Å². The number of rotatable bonds is 8. The van der Waals surface area contributed by atoms with Gasteiger partial charge in [-0.05, 0) is 42.0 Å². The largest absolute Gasteiger partial charge is 0.294 e. The summed E-state index contributed by atoms with van der Waals surface area (Å²) in [4.78, 5) is 20.0. The highest BCUT2D eigenvalue weighted by Crippen LogP contribution is 2.32. The highest BCUT2D eigenvalue weighted by molar-refractivity contribution is 6.08. The summed E-state index contributed by atoms with van der Waals surface area (Å²) in [7, 11) is 0. The molecule has 0 saturated carbocycles. The molecule has 29 heavy (non-hydrogen) atoms. The molecule has 3 rings (SSSR count). The monoisotopic (exact) mass is 387 g/mol. The Bertz CT molecular complexity index is 933. The molecule has 1 heterocycles. The van der Waals surface area contributed by atoms with Gasteiger partial charge in [0.1, 0.15) is 11.4 Å². The predicted octanol–water partition coefficient (Wildman–Crippen LogP) is 5.71. The molecule has 0 unspecified atom stereocenters. The van der Waals surface area contributed by atoms with Crippen LogP contribution in [0, 0.1) is 11.3 Å². The first-order chi connectivity index (χ1) is 14.1. The molecule has 0 aromatic heterocycles. The average Bonchev–Trinajstić information content (AvgIpc) is 3.04. The van der Waals surface area contributed by atoms with E-state index in [0.717, 1.165) is 54.6 Å². The van der Waals surface area contributed by atoms with Gasteiger partial charge in [0.05, 0.1) is 18.2 Å². The van der Waals surface area contributed by atoms with Crippen LogP contribution in [0.3, 0.4) is 0 Å². The van der Waals surface area contributed by atoms with Crippen molar-refractivity contribution in [2.24, 2.45) is 4.99 Å². The number of carbonyl (C=O) groups is 1. The van der Waals surface area contributed by atoms with Crippen molar-refractivity contribution in [3.05, 3.63) is 59.7 Å². The molecule has 2 aromatic carbocycles. The van der Waals surface area contributed by atoms with Crippen molar-refractivity contribution in [2.75, 3.05) is 0 Å². The lowest BCUT2D eigenvalue weighted by molar-refractivity contribution is -0.131. The standard InChI is InChI=1S/C25H29N3O/c1-4-7-12-23-27-25(5-2,6-3)24(29)28(23)18-19-13-15-20(16-14-19)22-11-9-8-10-21(22)17-26/h8-11,13-16H,4-7,12,18H2,1-3H3. The summed E-state index contributed by atoms with van der Waals surface area (Å²) < 4.78 is 0. The van der Waals surface area contributed by atoms with E-state index in [0.29, 0.717) is 12.1 Å². The van der Waals surface area contributed by atoms with Gasteiger partial charge in [0.25, 0.3) is 5.91 Å². The van der Waals surface area contributed by atoms with Gasteiger partial charge in [-0.2, -0.15) is 5.26 Å². The Kier molecular flexibility index (Phi) is 6.49. The summed E-state index contributed by atoms with van der Waals surface area (Å²) in [6.45, 7) is 6.80. The highest BCUT2D eigenvalue weighted by Gasteiger charge is 2.45. The van der Waals surface area contributed by atoms with Crippen molar-refractivity contribution in [2.45, 2.75) is 65.0 Å². The first-order valence-corrected chi connectivity index (χ1v) is 10.6. The summed E-state index contributed by atoms with van der Waals surface area (Å²) in [6, 6.07) is 18.0. The van der Waals surface area contributed by atoms with Crippen molar-refractivity contribution in [1.29, 1.82) is 5.26 Å². The van der Waals surface area contributed by atoms with Gasteiger partial charge in [-0.15, -0.1) is 0 Å². The minimum absolute atomic E-state index is 0.132. The lowest BCUT2D eigenvalue weighted by Crippen LogP contribution is -2.41. The fourth-order valence-electron chi connectivity index (χ4n) is 3.93. The molecule has 150 valence electrons. The molecule has 1 amide bonds. The number of amidine groups is 1. The zero-order valence-electron chi connectivity index (χ0n) is 17.6.